The van der Waals surface area contributed by atoms with E-state index in [4.69, 9.17) is 11.5 Å². The van der Waals surface area contributed by atoms with Gasteiger partial charge in [-0.25, -0.2) is 0 Å². The van der Waals surface area contributed by atoms with Crippen LogP contribution in [0.3, 0.4) is 0 Å². The Morgan fingerprint density at radius 1 is 0.692 bits per heavy atom. The highest BCUT2D eigenvalue weighted by atomic mass is 15.1. The van der Waals surface area contributed by atoms with Crippen molar-refractivity contribution < 1.29 is 0 Å². The summed E-state index contributed by atoms with van der Waals surface area (Å²) in [7, 11) is 0. The maximum Gasteiger partial charge on any atom is 0.116 e. The average molecular weight is 507 g/mol. The maximum absolute atomic E-state index is 6.87. The number of nitrogens with two attached hydrogens (primary N) is 2. The van der Waals surface area contributed by atoms with Crippen molar-refractivity contribution in [2.24, 2.45) is 11.5 Å². The van der Waals surface area contributed by atoms with Crippen LogP contribution in [0.1, 0.15) is 6.92 Å². The number of allylic oxidation sites excluding steroid dienone is 1. The number of hydrogen-bond donors (Lipinski definition) is 2. The molecule has 4 N–H and O–H groups in total. The van der Waals surface area contributed by atoms with Crippen LogP contribution in [-0.4, -0.2) is 9.13 Å². The van der Waals surface area contributed by atoms with E-state index < -0.39 is 0 Å². The van der Waals surface area contributed by atoms with E-state index in [1.54, 1.807) is 12.3 Å². The van der Waals surface area contributed by atoms with Crippen molar-refractivity contribution in [3.63, 3.8) is 0 Å². The molecule has 2 aromatic heterocycles. The van der Waals surface area contributed by atoms with Gasteiger partial charge in [0, 0.05) is 44.7 Å². The van der Waals surface area contributed by atoms with Gasteiger partial charge in [0.2, 0.25) is 0 Å². The number of rotatable bonds is 2. The van der Waals surface area contributed by atoms with Crippen molar-refractivity contribution in [2.45, 2.75) is 6.92 Å². The second-order valence-electron chi connectivity index (χ2n) is 9.55. The average Bonchev–Trinajstić information content (AvgIpc) is 3.53. The van der Waals surface area contributed by atoms with Gasteiger partial charge in [0.05, 0.1) is 16.6 Å². The minimum atomic E-state index is 0.661. The minimum absolute atomic E-state index is 0.661. The summed E-state index contributed by atoms with van der Waals surface area (Å²) in [5.74, 6) is 0.661. The van der Waals surface area contributed by atoms with Crippen LogP contribution in [0.4, 0.5) is 0 Å². The van der Waals surface area contributed by atoms with E-state index in [2.05, 4.69) is 101 Å². The molecule has 0 radical (unpaired) electrons. The van der Waals surface area contributed by atoms with Gasteiger partial charge < -0.3 is 16.0 Å². The van der Waals surface area contributed by atoms with Crippen LogP contribution in [-0.2, 0) is 0 Å². The highest BCUT2D eigenvalue weighted by molar-refractivity contribution is 6.15. The Morgan fingerprint density at radius 3 is 2.15 bits per heavy atom. The minimum Gasteiger partial charge on any atom is -0.404 e. The first kappa shape index (κ1) is 24.1. The first-order valence-electron chi connectivity index (χ1n) is 13.0. The zero-order valence-electron chi connectivity index (χ0n) is 21.9. The Kier molecular flexibility index (Phi) is 6.14. The highest BCUT2D eigenvalue weighted by Gasteiger charge is 2.15. The Labute approximate surface area is 227 Å². The summed E-state index contributed by atoms with van der Waals surface area (Å²) >= 11 is 0. The first-order valence-corrected chi connectivity index (χ1v) is 13.0. The van der Waals surface area contributed by atoms with Gasteiger partial charge in [-0.1, -0.05) is 66.7 Å². The van der Waals surface area contributed by atoms with Gasteiger partial charge in [-0.15, -0.1) is 6.58 Å². The second kappa shape index (κ2) is 9.92. The highest BCUT2D eigenvalue weighted by Crippen LogP contribution is 2.35. The lowest BCUT2D eigenvalue weighted by molar-refractivity contribution is 1.13. The van der Waals surface area contributed by atoms with E-state index in [1.807, 2.05) is 37.3 Å². The normalized spacial score (nSPS) is 12.6. The summed E-state index contributed by atoms with van der Waals surface area (Å²) in [6, 6.07) is 38.1. The molecular weight excluding hydrogens is 476 g/mol. The van der Waals surface area contributed by atoms with Crippen molar-refractivity contribution >= 4 is 55.5 Å². The fourth-order valence-electron chi connectivity index (χ4n) is 5.42. The molecule has 7 rings (SSSR count). The number of para-hydroxylation sites is 2. The van der Waals surface area contributed by atoms with E-state index in [0.29, 0.717) is 5.82 Å². The molecule has 5 aromatic carbocycles. The molecule has 39 heavy (non-hydrogen) atoms. The molecule has 0 saturated heterocycles. The zero-order chi connectivity index (χ0) is 26.9. The van der Waals surface area contributed by atoms with E-state index in [-0.39, 0.29) is 0 Å². The fourth-order valence-corrected chi connectivity index (χ4v) is 5.42. The third-order valence-electron chi connectivity index (χ3n) is 7.13. The first-order chi connectivity index (χ1) is 19.1. The lowest BCUT2D eigenvalue weighted by atomic mass is 10.0. The molecule has 2 heterocycles. The van der Waals surface area contributed by atoms with Crippen LogP contribution >= 0.6 is 0 Å². The summed E-state index contributed by atoms with van der Waals surface area (Å²) in [5, 5.41) is 7.74. The second-order valence-corrected chi connectivity index (χ2v) is 9.55. The van der Waals surface area contributed by atoms with Crippen LogP contribution in [0, 0.1) is 0 Å². The molecule has 0 amide bonds. The number of benzene rings is 5. The zero-order valence-corrected chi connectivity index (χ0v) is 21.9. The molecular formula is C35H30N4. The number of hydrogen-bond acceptors (Lipinski definition) is 2. The van der Waals surface area contributed by atoms with Crippen LogP contribution in [0.25, 0.3) is 61.2 Å². The third-order valence-corrected chi connectivity index (χ3v) is 7.13. The van der Waals surface area contributed by atoms with Crippen LogP contribution in [0.15, 0.2) is 128 Å². The van der Waals surface area contributed by atoms with Crippen molar-refractivity contribution in [3.05, 3.63) is 138 Å². The van der Waals surface area contributed by atoms with Crippen molar-refractivity contribution in [3.8, 4) is 5.69 Å². The number of nitrogens with zero attached hydrogens (tertiary/aromatic N) is 2. The van der Waals surface area contributed by atoms with Gasteiger partial charge in [0.1, 0.15) is 5.82 Å². The predicted octanol–water partition coefficient (Wildman–Crippen LogP) is 6.35. The molecule has 0 unspecified atom stereocenters. The Hall–Kier alpha value is -5.22. The Bertz CT molecular complexity index is 2110. The third kappa shape index (κ3) is 4.03. The maximum atomic E-state index is 6.87. The van der Waals surface area contributed by atoms with Gasteiger partial charge >= 0.3 is 0 Å². The standard InChI is InChI=1S/C32H24N4.C3H6/c33-20-22-8-4-5-11-26(22)32(34)36-29-13-7-6-12-27(29)28-17-24-18-30-21(16-23(24)19-31(28)36)14-15-35(30)25-9-2-1-3-10-25;1-3-2/h1-20H,33-34H2;3H,1H2,2H3/b22-20-,32-26+;. The van der Waals surface area contributed by atoms with Crippen LogP contribution in [0.2, 0.25) is 0 Å². The van der Waals surface area contributed by atoms with Crippen molar-refractivity contribution in [1.29, 1.82) is 0 Å². The van der Waals surface area contributed by atoms with E-state index >= 15 is 0 Å². The van der Waals surface area contributed by atoms with Crippen LogP contribution < -0.4 is 21.9 Å². The summed E-state index contributed by atoms with van der Waals surface area (Å²) in [6.45, 7) is 5.25. The molecule has 0 aliphatic heterocycles. The molecule has 190 valence electrons. The molecule has 0 saturated carbocycles. The fraction of sp³-hybridized carbons (Fsp3) is 0.0286. The Morgan fingerprint density at radius 2 is 1.36 bits per heavy atom. The smallest absolute Gasteiger partial charge is 0.116 e. The van der Waals surface area contributed by atoms with E-state index in [1.165, 1.54) is 32.4 Å². The van der Waals surface area contributed by atoms with E-state index in [9.17, 15) is 0 Å². The SMILES string of the molecule is C=CC.N/C=c1/cccc/c1=C(/N)n1c2ccccc2c2cc3cc4c(ccn4-c4ccccc4)cc3cc21. The summed E-state index contributed by atoms with van der Waals surface area (Å²) in [5.41, 5.74) is 17.3. The molecule has 4 heteroatoms. The molecule has 7 aromatic rings. The summed E-state index contributed by atoms with van der Waals surface area (Å²) in [4.78, 5) is 0. The monoisotopic (exact) mass is 506 g/mol. The quantitative estimate of drug-likeness (QED) is 0.268. The van der Waals surface area contributed by atoms with Gasteiger partial charge in [0.15, 0.2) is 0 Å². The molecule has 0 aliphatic carbocycles. The molecule has 0 spiro atoms. The Balaban J connectivity index is 0.000000883. The summed E-state index contributed by atoms with van der Waals surface area (Å²) < 4.78 is 4.40. The molecule has 4 nitrogen and oxygen atoms in total. The van der Waals surface area contributed by atoms with Crippen LogP contribution in [0.5, 0.6) is 0 Å². The lowest BCUT2D eigenvalue weighted by Crippen LogP contribution is -2.32. The number of fused-ring (bicyclic) bond motifs is 5. The van der Waals surface area contributed by atoms with Crippen molar-refractivity contribution in [2.75, 3.05) is 0 Å². The van der Waals surface area contributed by atoms with Gasteiger partial charge in [-0.3, -0.25) is 4.57 Å². The van der Waals surface area contributed by atoms with Gasteiger partial charge in [0.25, 0.3) is 0 Å². The largest absolute Gasteiger partial charge is 0.404 e. The molecule has 0 aliphatic rings. The number of aromatic nitrogens is 2. The lowest BCUT2D eigenvalue weighted by Gasteiger charge is -2.10. The van der Waals surface area contributed by atoms with E-state index in [0.717, 1.165) is 27.2 Å². The van der Waals surface area contributed by atoms with Gasteiger partial charge in [-0.05, 0) is 66.2 Å². The molecule has 0 atom stereocenters. The predicted molar refractivity (Wildman–Crippen MR) is 167 cm³/mol. The van der Waals surface area contributed by atoms with Crippen molar-refractivity contribution in [1.82, 2.24) is 9.13 Å². The molecule has 0 bridgehead atoms. The topological polar surface area (TPSA) is 61.9 Å². The summed E-state index contributed by atoms with van der Waals surface area (Å²) in [6.07, 6.45) is 5.50. The van der Waals surface area contributed by atoms with Gasteiger partial charge in [-0.2, -0.15) is 0 Å². The molecule has 0 fully saturated rings.